The van der Waals surface area contributed by atoms with Gasteiger partial charge in [0.15, 0.2) is 0 Å². The summed E-state index contributed by atoms with van der Waals surface area (Å²) >= 11 is 0. The smallest absolute Gasteiger partial charge is 0.220 e. The maximum Gasteiger partial charge on any atom is 0.220 e. The van der Waals surface area contributed by atoms with Crippen molar-refractivity contribution in [1.82, 2.24) is 14.9 Å². The molecule has 1 N–H and O–H groups in total. The molecule has 1 fully saturated rings. The van der Waals surface area contributed by atoms with Crippen molar-refractivity contribution in [3.05, 3.63) is 17.7 Å². The van der Waals surface area contributed by atoms with Crippen LogP contribution in [-0.2, 0) is 4.79 Å². The van der Waals surface area contributed by atoms with Crippen molar-refractivity contribution in [2.75, 3.05) is 6.54 Å². The maximum absolute atomic E-state index is 11.3. The summed E-state index contributed by atoms with van der Waals surface area (Å²) in [5.41, 5.74) is 1.05. The molecule has 0 spiro atoms. The number of aryl methyl sites for hydroxylation is 1. The number of amides is 1. The number of carbonyl (C=O) groups is 1. The number of nitrogens with zero attached hydrogens (tertiary/aromatic N) is 2. The van der Waals surface area contributed by atoms with Crippen LogP contribution in [-0.4, -0.2) is 27.3 Å². The van der Waals surface area contributed by atoms with Gasteiger partial charge in [-0.25, -0.2) is 4.98 Å². The van der Waals surface area contributed by atoms with E-state index in [4.69, 9.17) is 0 Å². The minimum Gasteiger partial charge on any atom is -0.344 e. The Morgan fingerprint density at radius 2 is 2.25 bits per heavy atom. The van der Waals surface area contributed by atoms with Crippen molar-refractivity contribution >= 4 is 5.91 Å². The van der Waals surface area contributed by atoms with Gasteiger partial charge in [-0.1, -0.05) is 13.8 Å². The molecule has 0 radical (unpaired) electrons. The molecule has 4 heteroatoms. The van der Waals surface area contributed by atoms with Gasteiger partial charge in [0.1, 0.15) is 5.82 Å². The largest absolute Gasteiger partial charge is 0.344 e. The summed E-state index contributed by atoms with van der Waals surface area (Å²) in [5, 5.41) is 0. The quantitative estimate of drug-likeness (QED) is 0.795. The van der Waals surface area contributed by atoms with Crippen LogP contribution in [0.5, 0.6) is 0 Å². The normalized spacial score (nSPS) is 19.2. The van der Waals surface area contributed by atoms with Gasteiger partial charge >= 0.3 is 0 Å². The molecule has 0 aromatic carbocycles. The van der Waals surface area contributed by atoms with E-state index in [1.165, 1.54) is 0 Å². The molecular weight excluding hydrogens is 202 g/mol. The predicted molar refractivity (Wildman–Crippen MR) is 64.0 cm³/mol. The zero-order chi connectivity index (χ0) is 12.1. The lowest BCUT2D eigenvalue weighted by atomic mass is 10.2. The first-order chi connectivity index (χ1) is 7.68. The van der Waals surface area contributed by atoms with Crippen LogP contribution in [0.25, 0.3) is 0 Å². The van der Waals surface area contributed by atoms with Gasteiger partial charge in [-0.05, 0) is 19.8 Å². The van der Waals surface area contributed by atoms with E-state index < -0.39 is 0 Å². The lowest BCUT2D eigenvalue weighted by molar-refractivity contribution is -0.129. The van der Waals surface area contributed by atoms with Gasteiger partial charge in [-0.15, -0.1) is 0 Å². The molecule has 2 heterocycles. The lowest BCUT2D eigenvalue weighted by Gasteiger charge is -2.21. The third-order valence-corrected chi connectivity index (χ3v) is 2.70. The molecule has 1 saturated heterocycles. The van der Waals surface area contributed by atoms with Crippen LogP contribution in [0.4, 0.5) is 0 Å². The van der Waals surface area contributed by atoms with Gasteiger partial charge in [-0.2, -0.15) is 0 Å². The second-order valence-electron chi connectivity index (χ2n) is 3.82. The lowest BCUT2D eigenvalue weighted by Crippen LogP contribution is -2.28. The average Bonchev–Trinajstić information content (AvgIpc) is 2.88. The Morgan fingerprint density at radius 3 is 2.75 bits per heavy atom. The molecule has 90 valence electrons. The van der Waals surface area contributed by atoms with Crippen LogP contribution in [0.2, 0.25) is 0 Å². The molecule has 1 atom stereocenters. The van der Waals surface area contributed by atoms with E-state index in [2.05, 4.69) is 9.97 Å². The number of hydrogen-bond donors (Lipinski definition) is 1. The third-order valence-electron chi connectivity index (χ3n) is 2.70. The van der Waals surface area contributed by atoms with Gasteiger partial charge in [0, 0.05) is 25.4 Å². The summed E-state index contributed by atoms with van der Waals surface area (Å²) in [6.45, 7) is 8.46. The fraction of sp³-hybridized carbons (Fsp3) is 0.667. The van der Waals surface area contributed by atoms with E-state index in [9.17, 15) is 4.79 Å². The number of rotatable bonds is 1. The number of H-pyrrole nitrogens is 1. The SMILES string of the molecule is CC.CC(=O)N1CCCC1c1ncc(C)[nH]1. The van der Waals surface area contributed by atoms with Crippen molar-refractivity contribution in [2.24, 2.45) is 0 Å². The second kappa shape index (κ2) is 5.68. The monoisotopic (exact) mass is 223 g/mol. The highest BCUT2D eigenvalue weighted by Crippen LogP contribution is 2.29. The van der Waals surface area contributed by atoms with Gasteiger partial charge in [0.05, 0.1) is 6.04 Å². The van der Waals surface area contributed by atoms with E-state index in [0.29, 0.717) is 0 Å². The number of nitrogens with one attached hydrogen (secondary N) is 1. The molecule has 1 unspecified atom stereocenters. The number of aromatic nitrogens is 2. The Morgan fingerprint density at radius 1 is 1.56 bits per heavy atom. The van der Waals surface area contributed by atoms with E-state index in [1.54, 1.807) is 6.92 Å². The first-order valence-electron chi connectivity index (χ1n) is 5.97. The standard InChI is InChI=1S/C10H15N3O.C2H6/c1-7-6-11-10(12-7)9-4-3-5-13(9)8(2)14;1-2/h6,9H,3-5H2,1-2H3,(H,11,12);1-2H3. The summed E-state index contributed by atoms with van der Waals surface area (Å²) in [4.78, 5) is 20.7. The van der Waals surface area contributed by atoms with Crippen molar-refractivity contribution in [2.45, 2.75) is 46.6 Å². The molecule has 16 heavy (non-hydrogen) atoms. The Bertz CT molecular complexity index is 346. The first kappa shape index (κ1) is 12.7. The molecule has 0 saturated carbocycles. The van der Waals surface area contributed by atoms with E-state index in [0.717, 1.165) is 30.9 Å². The highest BCUT2D eigenvalue weighted by atomic mass is 16.2. The fourth-order valence-corrected chi connectivity index (χ4v) is 2.03. The topological polar surface area (TPSA) is 49.0 Å². The Hall–Kier alpha value is -1.32. The van der Waals surface area contributed by atoms with Crippen molar-refractivity contribution in [1.29, 1.82) is 0 Å². The third kappa shape index (κ3) is 2.62. The van der Waals surface area contributed by atoms with Crippen LogP contribution in [0.3, 0.4) is 0 Å². The summed E-state index contributed by atoms with van der Waals surface area (Å²) in [5.74, 6) is 1.07. The van der Waals surface area contributed by atoms with Crippen LogP contribution in [0, 0.1) is 6.92 Å². The summed E-state index contributed by atoms with van der Waals surface area (Å²) in [6.07, 6.45) is 3.91. The van der Waals surface area contributed by atoms with Gasteiger partial charge in [0.25, 0.3) is 0 Å². The van der Waals surface area contributed by atoms with E-state index in [1.807, 2.05) is 31.9 Å². The molecule has 1 aromatic rings. The van der Waals surface area contributed by atoms with Gasteiger partial charge in [0.2, 0.25) is 5.91 Å². The minimum atomic E-state index is 0.140. The molecule has 0 bridgehead atoms. The first-order valence-corrected chi connectivity index (χ1v) is 5.97. The van der Waals surface area contributed by atoms with Crippen LogP contribution >= 0.6 is 0 Å². The van der Waals surface area contributed by atoms with Crippen molar-refractivity contribution in [3.63, 3.8) is 0 Å². The Labute approximate surface area is 97.1 Å². The molecule has 0 aliphatic carbocycles. The zero-order valence-corrected chi connectivity index (χ0v) is 10.6. The molecular formula is C12H21N3O. The Kier molecular flexibility index (Phi) is 4.52. The predicted octanol–water partition coefficient (Wildman–Crippen LogP) is 2.43. The molecule has 1 aliphatic heterocycles. The Balaban J connectivity index is 0.000000606. The summed E-state index contributed by atoms with van der Waals surface area (Å²) in [6, 6.07) is 0.168. The number of carbonyl (C=O) groups excluding carboxylic acids is 1. The molecule has 2 rings (SSSR count). The van der Waals surface area contributed by atoms with Crippen molar-refractivity contribution in [3.8, 4) is 0 Å². The van der Waals surface area contributed by atoms with E-state index >= 15 is 0 Å². The molecule has 4 nitrogen and oxygen atoms in total. The number of aromatic amines is 1. The minimum absolute atomic E-state index is 0.140. The average molecular weight is 223 g/mol. The summed E-state index contributed by atoms with van der Waals surface area (Å²) in [7, 11) is 0. The van der Waals surface area contributed by atoms with Crippen molar-refractivity contribution < 1.29 is 4.79 Å². The molecule has 1 amide bonds. The number of hydrogen-bond acceptors (Lipinski definition) is 2. The van der Waals surface area contributed by atoms with Crippen LogP contribution in [0.15, 0.2) is 6.20 Å². The highest BCUT2D eigenvalue weighted by Gasteiger charge is 2.29. The second-order valence-corrected chi connectivity index (χ2v) is 3.82. The van der Waals surface area contributed by atoms with Gasteiger partial charge < -0.3 is 9.88 Å². The van der Waals surface area contributed by atoms with Gasteiger partial charge in [-0.3, -0.25) is 4.79 Å². The molecule has 1 aliphatic rings. The molecule has 1 aromatic heterocycles. The van der Waals surface area contributed by atoms with Crippen LogP contribution in [0.1, 0.15) is 51.2 Å². The van der Waals surface area contributed by atoms with Crippen LogP contribution < -0.4 is 0 Å². The fourth-order valence-electron chi connectivity index (χ4n) is 2.03. The number of imidazole rings is 1. The number of likely N-dealkylation sites (tertiary alicyclic amines) is 1. The maximum atomic E-state index is 11.3. The highest BCUT2D eigenvalue weighted by molar-refractivity contribution is 5.74. The van der Waals surface area contributed by atoms with E-state index in [-0.39, 0.29) is 11.9 Å². The zero-order valence-electron chi connectivity index (χ0n) is 10.6. The summed E-state index contributed by atoms with van der Waals surface area (Å²) < 4.78 is 0.